The first-order valence-electron chi connectivity index (χ1n) is 5.92. The third kappa shape index (κ3) is 3.11. The number of hydrogen-bond acceptors (Lipinski definition) is 3. The van der Waals surface area contributed by atoms with Gasteiger partial charge in [-0.05, 0) is 24.3 Å². The van der Waals surface area contributed by atoms with Crippen molar-refractivity contribution in [1.82, 2.24) is 10.3 Å². The van der Waals surface area contributed by atoms with Crippen LogP contribution in [0.5, 0.6) is 0 Å². The maximum absolute atomic E-state index is 11.9. The van der Waals surface area contributed by atoms with Gasteiger partial charge in [0.2, 0.25) is 5.56 Å². The van der Waals surface area contributed by atoms with E-state index in [9.17, 15) is 14.4 Å². The molecule has 0 atom stereocenters. The number of aromatic nitrogens is 1. The number of amides is 2. The quantitative estimate of drug-likeness (QED) is 0.777. The molecule has 3 N–H and O–H groups in total. The van der Waals surface area contributed by atoms with Crippen LogP contribution in [-0.2, 0) is 0 Å². The van der Waals surface area contributed by atoms with E-state index in [2.05, 4.69) is 15.6 Å². The predicted octanol–water partition coefficient (Wildman–Crippen LogP) is 0.987. The first-order valence-corrected chi connectivity index (χ1v) is 5.92. The largest absolute Gasteiger partial charge is 0.355 e. The summed E-state index contributed by atoms with van der Waals surface area (Å²) in [6.07, 6.45) is 1.33. The summed E-state index contributed by atoms with van der Waals surface area (Å²) in [5, 5.41) is 5.16. The van der Waals surface area contributed by atoms with E-state index in [4.69, 9.17) is 0 Å². The molecule has 2 amide bonds. The number of carbonyl (C=O) groups is 2. The molecule has 0 bridgehead atoms. The van der Waals surface area contributed by atoms with E-state index in [1.807, 2.05) is 0 Å². The molecule has 0 spiro atoms. The Bertz CT molecular complexity index is 686. The Kier molecular flexibility index (Phi) is 3.95. The van der Waals surface area contributed by atoms with Gasteiger partial charge in [-0.3, -0.25) is 14.4 Å². The molecule has 0 aliphatic rings. The number of rotatable bonds is 3. The molecule has 0 radical (unpaired) electrons. The minimum absolute atomic E-state index is 0.231. The van der Waals surface area contributed by atoms with Crippen molar-refractivity contribution in [3.05, 3.63) is 64.1 Å². The summed E-state index contributed by atoms with van der Waals surface area (Å²) < 4.78 is 0. The van der Waals surface area contributed by atoms with Crippen molar-refractivity contribution >= 4 is 17.5 Å². The summed E-state index contributed by atoms with van der Waals surface area (Å²) in [4.78, 5) is 36.8. The molecule has 102 valence electrons. The zero-order valence-corrected chi connectivity index (χ0v) is 10.8. The number of carbonyl (C=O) groups excluding carboxylic acids is 2. The second-order valence-corrected chi connectivity index (χ2v) is 4.06. The van der Waals surface area contributed by atoms with Gasteiger partial charge in [0.05, 0.1) is 5.56 Å². The predicted molar refractivity (Wildman–Crippen MR) is 74.8 cm³/mol. The van der Waals surface area contributed by atoms with E-state index < -0.39 is 0 Å². The Morgan fingerprint density at radius 1 is 1.05 bits per heavy atom. The highest BCUT2D eigenvalue weighted by molar-refractivity contribution is 6.04. The smallest absolute Gasteiger partial charge is 0.257 e. The van der Waals surface area contributed by atoms with Crippen molar-refractivity contribution in [2.45, 2.75) is 0 Å². The highest BCUT2D eigenvalue weighted by Crippen LogP contribution is 2.11. The van der Waals surface area contributed by atoms with Crippen LogP contribution < -0.4 is 16.2 Å². The molecule has 0 aliphatic carbocycles. The zero-order chi connectivity index (χ0) is 14.5. The summed E-state index contributed by atoms with van der Waals surface area (Å²) in [6.45, 7) is 0. The molecule has 6 nitrogen and oxygen atoms in total. The lowest BCUT2D eigenvalue weighted by Gasteiger charge is -2.06. The SMILES string of the molecule is CNC(=O)c1cccc(NC(=O)c2ccc(=O)[nH]c2)c1. The molecule has 1 heterocycles. The first kappa shape index (κ1) is 13.5. The Morgan fingerprint density at radius 3 is 2.50 bits per heavy atom. The molecule has 1 aromatic carbocycles. The Morgan fingerprint density at radius 2 is 1.85 bits per heavy atom. The van der Waals surface area contributed by atoms with Crippen molar-refractivity contribution in [2.24, 2.45) is 0 Å². The number of pyridine rings is 1. The van der Waals surface area contributed by atoms with Gasteiger partial charge in [-0.1, -0.05) is 6.07 Å². The van der Waals surface area contributed by atoms with Crippen LogP contribution in [0.1, 0.15) is 20.7 Å². The maximum atomic E-state index is 11.9. The minimum atomic E-state index is -0.365. The average Bonchev–Trinajstić information content (AvgIpc) is 2.47. The van der Waals surface area contributed by atoms with E-state index in [1.54, 1.807) is 24.3 Å². The van der Waals surface area contributed by atoms with Crippen LogP contribution in [0.2, 0.25) is 0 Å². The fraction of sp³-hybridized carbons (Fsp3) is 0.0714. The molecule has 0 saturated carbocycles. The highest BCUT2D eigenvalue weighted by Gasteiger charge is 2.08. The van der Waals surface area contributed by atoms with Crippen LogP contribution >= 0.6 is 0 Å². The van der Waals surface area contributed by atoms with Crippen LogP contribution in [-0.4, -0.2) is 23.8 Å². The molecular formula is C14H13N3O3. The molecule has 0 saturated heterocycles. The van der Waals surface area contributed by atoms with E-state index >= 15 is 0 Å². The molecular weight excluding hydrogens is 258 g/mol. The van der Waals surface area contributed by atoms with Gasteiger partial charge in [-0.15, -0.1) is 0 Å². The number of H-pyrrole nitrogens is 1. The summed E-state index contributed by atoms with van der Waals surface area (Å²) in [7, 11) is 1.54. The molecule has 6 heteroatoms. The zero-order valence-electron chi connectivity index (χ0n) is 10.8. The third-order valence-electron chi connectivity index (χ3n) is 2.66. The van der Waals surface area contributed by atoms with Crippen LogP contribution in [0, 0.1) is 0 Å². The Labute approximate surface area is 114 Å². The van der Waals surface area contributed by atoms with Gasteiger partial charge in [-0.25, -0.2) is 0 Å². The average molecular weight is 271 g/mol. The van der Waals surface area contributed by atoms with E-state index in [0.29, 0.717) is 16.8 Å². The lowest BCUT2D eigenvalue weighted by molar-refractivity contribution is 0.0961. The van der Waals surface area contributed by atoms with Crippen molar-refractivity contribution in [2.75, 3.05) is 12.4 Å². The topological polar surface area (TPSA) is 91.1 Å². The van der Waals surface area contributed by atoms with Gasteiger partial charge >= 0.3 is 0 Å². The molecule has 2 aromatic rings. The minimum Gasteiger partial charge on any atom is -0.355 e. The molecule has 0 unspecified atom stereocenters. The van der Waals surface area contributed by atoms with Crippen molar-refractivity contribution in [3.63, 3.8) is 0 Å². The third-order valence-corrected chi connectivity index (χ3v) is 2.66. The molecule has 2 rings (SSSR count). The van der Waals surface area contributed by atoms with Crippen molar-refractivity contribution in [1.29, 1.82) is 0 Å². The van der Waals surface area contributed by atoms with E-state index in [-0.39, 0.29) is 17.4 Å². The van der Waals surface area contributed by atoms with Crippen LogP contribution in [0.4, 0.5) is 5.69 Å². The number of aromatic amines is 1. The normalized spacial score (nSPS) is 9.85. The van der Waals surface area contributed by atoms with Gasteiger partial charge in [0, 0.05) is 30.6 Å². The number of hydrogen-bond donors (Lipinski definition) is 3. The van der Waals surface area contributed by atoms with Gasteiger partial charge in [-0.2, -0.15) is 0 Å². The number of anilines is 1. The Balaban J connectivity index is 2.17. The van der Waals surface area contributed by atoms with Gasteiger partial charge in [0.1, 0.15) is 0 Å². The lowest BCUT2D eigenvalue weighted by atomic mass is 10.2. The standard InChI is InChI=1S/C14H13N3O3/c1-15-13(19)9-3-2-4-11(7-9)17-14(20)10-5-6-12(18)16-8-10/h2-8H,1H3,(H,15,19)(H,16,18)(H,17,20). The van der Waals surface area contributed by atoms with E-state index in [1.165, 1.54) is 25.4 Å². The first-order chi connectivity index (χ1) is 9.60. The summed E-state index contributed by atoms with van der Waals surface area (Å²) in [5.41, 5.74) is 1.01. The Hall–Kier alpha value is -2.89. The van der Waals surface area contributed by atoms with Gasteiger partial charge < -0.3 is 15.6 Å². The van der Waals surface area contributed by atoms with Crippen molar-refractivity contribution in [3.8, 4) is 0 Å². The van der Waals surface area contributed by atoms with Crippen molar-refractivity contribution < 1.29 is 9.59 Å². The summed E-state index contributed by atoms with van der Waals surface area (Å²) >= 11 is 0. The maximum Gasteiger partial charge on any atom is 0.257 e. The van der Waals surface area contributed by atoms with Crippen LogP contribution in [0.15, 0.2) is 47.4 Å². The fourth-order valence-electron chi connectivity index (χ4n) is 1.64. The van der Waals surface area contributed by atoms with Gasteiger partial charge in [0.25, 0.3) is 11.8 Å². The number of nitrogens with one attached hydrogen (secondary N) is 3. The fourth-order valence-corrected chi connectivity index (χ4v) is 1.64. The molecule has 20 heavy (non-hydrogen) atoms. The highest BCUT2D eigenvalue weighted by atomic mass is 16.2. The summed E-state index contributed by atoms with van der Waals surface area (Å²) in [5.74, 6) is -0.597. The summed E-state index contributed by atoms with van der Waals surface area (Å²) in [6, 6.07) is 9.27. The van der Waals surface area contributed by atoms with Gasteiger partial charge in [0.15, 0.2) is 0 Å². The lowest BCUT2D eigenvalue weighted by Crippen LogP contribution is -2.18. The number of benzene rings is 1. The molecule has 1 aromatic heterocycles. The van der Waals surface area contributed by atoms with Crippen LogP contribution in [0.25, 0.3) is 0 Å². The van der Waals surface area contributed by atoms with Crippen LogP contribution in [0.3, 0.4) is 0 Å². The second kappa shape index (κ2) is 5.83. The molecule has 0 fully saturated rings. The second-order valence-electron chi connectivity index (χ2n) is 4.06. The monoisotopic (exact) mass is 271 g/mol. The molecule has 0 aliphatic heterocycles. The van der Waals surface area contributed by atoms with E-state index in [0.717, 1.165) is 0 Å².